The monoisotopic (exact) mass is 444 g/mol. The molecule has 0 aliphatic rings. The fraction of sp³-hybridized carbons (Fsp3) is 0.0800. The topological polar surface area (TPSA) is 85.4 Å². The van der Waals surface area contributed by atoms with Gasteiger partial charge in [0.1, 0.15) is 23.1 Å². The average Bonchev–Trinajstić information content (AvgIpc) is 2.85. The maximum absolute atomic E-state index is 13.5. The molecule has 166 valence electrons. The van der Waals surface area contributed by atoms with Crippen molar-refractivity contribution in [2.24, 2.45) is 0 Å². The number of carbonyl (C=O) groups is 1. The molecule has 7 nitrogen and oxygen atoms in total. The van der Waals surface area contributed by atoms with E-state index in [4.69, 9.17) is 9.47 Å². The molecular formula is C25H21FN4O3. The summed E-state index contributed by atoms with van der Waals surface area (Å²) in [5.74, 6) is 1.45. The molecule has 1 aromatic heterocycles. The van der Waals surface area contributed by atoms with Crippen LogP contribution in [0.25, 0.3) is 11.4 Å². The van der Waals surface area contributed by atoms with E-state index in [1.165, 1.54) is 19.2 Å². The molecule has 1 heterocycles. The van der Waals surface area contributed by atoms with Gasteiger partial charge < -0.3 is 20.1 Å². The number of anilines is 3. The lowest BCUT2D eigenvalue weighted by molar-refractivity contribution is 0.102. The zero-order valence-corrected chi connectivity index (χ0v) is 18.0. The van der Waals surface area contributed by atoms with Crippen LogP contribution in [0, 0.1) is 5.82 Å². The van der Waals surface area contributed by atoms with Crippen LogP contribution in [-0.2, 0) is 0 Å². The van der Waals surface area contributed by atoms with Crippen LogP contribution in [0.15, 0.2) is 79.0 Å². The third-order valence-corrected chi connectivity index (χ3v) is 4.81. The van der Waals surface area contributed by atoms with E-state index < -0.39 is 0 Å². The Labute approximate surface area is 190 Å². The molecule has 4 aromatic rings. The first-order chi connectivity index (χ1) is 16.1. The molecular weight excluding hydrogens is 423 g/mol. The number of carbonyl (C=O) groups excluding carboxylic acids is 1. The van der Waals surface area contributed by atoms with E-state index in [-0.39, 0.29) is 11.7 Å². The van der Waals surface area contributed by atoms with Gasteiger partial charge in [-0.2, -0.15) is 0 Å². The van der Waals surface area contributed by atoms with Crippen molar-refractivity contribution in [1.82, 2.24) is 9.97 Å². The van der Waals surface area contributed by atoms with Crippen LogP contribution in [0.3, 0.4) is 0 Å². The van der Waals surface area contributed by atoms with Crippen molar-refractivity contribution in [3.63, 3.8) is 0 Å². The van der Waals surface area contributed by atoms with E-state index in [2.05, 4.69) is 20.6 Å². The van der Waals surface area contributed by atoms with Crippen molar-refractivity contribution in [2.45, 2.75) is 0 Å². The molecule has 0 saturated carbocycles. The number of ether oxygens (including phenoxy) is 2. The van der Waals surface area contributed by atoms with Crippen molar-refractivity contribution < 1.29 is 18.7 Å². The predicted molar refractivity (Wildman–Crippen MR) is 125 cm³/mol. The van der Waals surface area contributed by atoms with Gasteiger partial charge in [-0.15, -0.1) is 0 Å². The molecule has 8 heteroatoms. The molecule has 0 saturated heterocycles. The van der Waals surface area contributed by atoms with E-state index in [9.17, 15) is 9.18 Å². The Hall–Kier alpha value is -4.46. The summed E-state index contributed by atoms with van der Waals surface area (Å²) < 4.78 is 24.0. The van der Waals surface area contributed by atoms with Crippen molar-refractivity contribution in [2.75, 3.05) is 24.9 Å². The minimum absolute atomic E-state index is 0.277. The zero-order chi connectivity index (χ0) is 23.2. The molecule has 0 fully saturated rings. The van der Waals surface area contributed by atoms with Gasteiger partial charge in [0.25, 0.3) is 5.91 Å². The minimum Gasteiger partial charge on any atom is -0.497 e. The highest BCUT2D eigenvalue weighted by Crippen LogP contribution is 2.29. The lowest BCUT2D eigenvalue weighted by Crippen LogP contribution is -2.12. The number of halogens is 1. The van der Waals surface area contributed by atoms with Gasteiger partial charge in [-0.3, -0.25) is 4.79 Å². The number of rotatable bonds is 7. The molecule has 2 N–H and O–H groups in total. The van der Waals surface area contributed by atoms with Gasteiger partial charge in [-0.1, -0.05) is 12.1 Å². The third-order valence-electron chi connectivity index (χ3n) is 4.81. The van der Waals surface area contributed by atoms with Crippen molar-refractivity contribution in [3.05, 3.63) is 90.4 Å². The molecule has 0 unspecified atom stereocenters. The molecule has 0 spiro atoms. The van der Waals surface area contributed by atoms with E-state index in [1.807, 2.05) is 0 Å². The quantitative estimate of drug-likeness (QED) is 0.403. The smallest absolute Gasteiger partial charge is 0.255 e. The van der Waals surface area contributed by atoms with Gasteiger partial charge >= 0.3 is 0 Å². The number of nitrogens with zero attached hydrogens (tertiary/aromatic N) is 2. The number of hydrogen-bond acceptors (Lipinski definition) is 6. The Bertz CT molecular complexity index is 1280. The molecule has 4 rings (SSSR count). The number of benzene rings is 3. The van der Waals surface area contributed by atoms with Crippen LogP contribution in [0.2, 0.25) is 0 Å². The Morgan fingerprint density at radius 1 is 0.939 bits per heavy atom. The summed E-state index contributed by atoms with van der Waals surface area (Å²) >= 11 is 0. The molecule has 0 aliphatic heterocycles. The summed E-state index contributed by atoms with van der Waals surface area (Å²) in [4.78, 5) is 21.3. The highest BCUT2D eigenvalue weighted by Gasteiger charge is 2.11. The van der Waals surface area contributed by atoms with Crippen LogP contribution in [0.1, 0.15) is 10.4 Å². The number of nitrogens with one attached hydrogen (secondary N) is 2. The van der Waals surface area contributed by atoms with Gasteiger partial charge in [0, 0.05) is 29.1 Å². The second kappa shape index (κ2) is 9.78. The zero-order valence-electron chi connectivity index (χ0n) is 18.0. The van der Waals surface area contributed by atoms with E-state index in [0.717, 1.165) is 5.69 Å². The molecule has 0 radical (unpaired) electrons. The lowest BCUT2D eigenvalue weighted by atomic mass is 10.2. The van der Waals surface area contributed by atoms with Gasteiger partial charge in [-0.25, -0.2) is 14.4 Å². The number of hydrogen-bond donors (Lipinski definition) is 2. The standard InChI is InChI=1S/C25H21FN4O3/c1-32-20-10-11-21(22(15-20)33-2)29-25(31)16-6-8-19(9-7-16)28-23-12-13-27-24(30-23)17-4-3-5-18(26)14-17/h3-15H,1-2H3,(H,29,31)(H,27,28,30). The molecule has 0 bridgehead atoms. The summed E-state index contributed by atoms with van der Waals surface area (Å²) in [5, 5.41) is 6.00. The van der Waals surface area contributed by atoms with Crippen molar-refractivity contribution in [3.8, 4) is 22.9 Å². The summed E-state index contributed by atoms with van der Waals surface area (Å²) in [6.07, 6.45) is 1.60. The second-order valence-corrected chi connectivity index (χ2v) is 7.00. The molecule has 1 amide bonds. The maximum Gasteiger partial charge on any atom is 0.255 e. The SMILES string of the molecule is COc1ccc(NC(=O)c2ccc(Nc3ccnc(-c4cccc(F)c4)n3)cc2)c(OC)c1. The largest absolute Gasteiger partial charge is 0.497 e. The Kier molecular flexibility index (Phi) is 6.45. The summed E-state index contributed by atoms with van der Waals surface area (Å²) in [6, 6.07) is 19.9. The van der Waals surface area contributed by atoms with Gasteiger partial charge in [0.15, 0.2) is 5.82 Å². The predicted octanol–water partition coefficient (Wildman–Crippen LogP) is 5.30. The molecule has 0 atom stereocenters. The maximum atomic E-state index is 13.5. The van der Waals surface area contributed by atoms with Gasteiger partial charge in [-0.05, 0) is 54.6 Å². The summed E-state index contributed by atoms with van der Waals surface area (Å²) in [7, 11) is 3.09. The highest BCUT2D eigenvalue weighted by molar-refractivity contribution is 6.05. The summed E-state index contributed by atoms with van der Waals surface area (Å²) in [6.45, 7) is 0. The lowest BCUT2D eigenvalue weighted by Gasteiger charge is -2.12. The van der Waals surface area contributed by atoms with Crippen molar-refractivity contribution >= 4 is 23.1 Å². The number of aromatic nitrogens is 2. The van der Waals surface area contributed by atoms with Crippen LogP contribution in [-0.4, -0.2) is 30.1 Å². The molecule has 33 heavy (non-hydrogen) atoms. The first-order valence-corrected chi connectivity index (χ1v) is 10.0. The highest BCUT2D eigenvalue weighted by atomic mass is 19.1. The Morgan fingerprint density at radius 2 is 1.76 bits per heavy atom. The fourth-order valence-corrected chi connectivity index (χ4v) is 3.14. The van der Waals surface area contributed by atoms with E-state index >= 15 is 0 Å². The third kappa shape index (κ3) is 5.24. The van der Waals surface area contributed by atoms with E-state index in [1.54, 1.807) is 74.0 Å². The molecule has 3 aromatic carbocycles. The second-order valence-electron chi connectivity index (χ2n) is 7.00. The first-order valence-electron chi connectivity index (χ1n) is 10.0. The summed E-state index contributed by atoms with van der Waals surface area (Å²) in [5.41, 5.74) is 2.33. The Balaban J connectivity index is 1.46. The van der Waals surface area contributed by atoms with E-state index in [0.29, 0.717) is 40.0 Å². The van der Waals surface area contributed by atoms with Gasteiger partial charge in [0.05, 0.1) is 19.9 Å². The van der Waals surface area contributed by atoms with Crippen LogP contribution in [0.5, 0.6) is 11.5 Å². The van der Waals surface area contributed by atoms with Crippen LogP contribution < -0.4 is 20.1 Å². The van der Waals surface area contributed by atoms with Crippen molar-refractivity contribution in [1.29, 1.82) is 0 Å². The first kappa shape index (κ1) is 21.8. The molecule has 0 aliphatic carbocycles. The van der Waals surface area contributed by atoms with Crippen LogP contribution >= 0.6 is 0 Å². The number of amides is 1. The minimum atomic E-state index is -0.351. The van der Waals surface area contributed by atoms with Gasteiger partial charge in [0.2, 0.25) is 0 Å². The number of methoxy groups -OCH3 is 2. The normalized spacial score (nSPS) is 10.4. The fourth-order valence-electron chi connectivity index (χ4n) is 3.14. The average molecular weight is 444 g/mol. The van der Waals surface area contributed by atoms with Crippen LogP contribution in [0.4, 0.5) is 21.6 Å². The Morgan fingerprint density at radius 3 is 2.48 bits per heavy atom.